The number of amides is 1. The molecule has 0 radical (unpaired) electrons. The first-order chi connectivity index (χ1) is 14.6. The third-order valence-corrected chi connectivity index (χ3v) is 7.28. The molecule has 1 aliphatic rings. The lowest BCUT2D eigenvalue weighted by atomic mass is 9.75. The number of methoxy groups -OCH3 is 1. The highest BCUT2D eigenvalue weighted by atomic mass is 35.6. The molecular formula is C21H28Cl3N3O3S. The smallest absolute Gasteiger partial charge is 0.409 e. The van der Waals surface area contributed by atoms with Crippen LogP contribution in [0, 0.1) is 17.8 Å². The van der Waals surface area contributed by atoms with Gasteiger partial charge in [0.25, 0.3) is 0 Å². The summed E-state index contributed by atoms with van der Waals surface area (Å²) >= 11 is 19.8. The number of carbonyl (C=O) groups excluding carboxylic acids is 1. The molecule has 0 saturated heterocycles. The molecule has 1 saturated carbocycles. The molecule has 1 fully saturated rings. The largest absolute Gasteiger partial charge is 0.497 e. The fourth-order valence-corrected chi connectivity index (χ4v) is 5.21. The lowest BCUT2D eigenvalue weighted by molar-refractivity contribution is 0.00534. The molecule has 1 aromatic carbocycles. The first-order valence-electron chi connectivity index (χ1n) is 10.3. The third-order valence-electron chi connectivity index (χ3n) is 5.67. The van der Waals surface area contributed by atoms with E-state index in [1.54, 1.807) is 7.11 Å². The van der Waals surface area contributed by atoms with Crippen molar-refractivity contribution in [3.05, 3.63) is 18.2 Å². The molecule has 6 nitrogen and oxygen atoms in total. The van der Waals surface area contributed by atoms with Crippen molar-refractivity contribution in [3.8, 4) is 5.75 Å². The number of alkyl carbamates (subject to hydrolysis) is 1. The molecule has 4 atom stereocenters. The number of carbonyl (C=O) groups is 1. The third kappa shape index (κ3) is 6.44. The van der Waals surface area contributed by atoms with Crippen molar-refractivity contribution in [1.29, 1.82) is 0 Å². The van der Waals surface area contributed by atoms with Gasteiger partial charge in [-0.1, -0.05) is 73.3 Å². The summed E-state index contributed by atoms with van der Waals surface area (Å²) in [6, 6.07) is 5.54. The minimum absolute atomic E-state index is 0.158. The number of hydrogen-bond acceptors (Lipinski definition) is 6. The zero-order chi connectivity index (χ0) is 22.8. The van der Waals surface area contributed by atoms with Crippen molar-refractivity contribution in [2.24, 2.45) is 17.8 Å². The molecule has 3 rings (SSSR count). The van der Waals surface area contributed by atoms with Gasteiger partial charge < -0.3 is 14.8 Å². The average molecular weight is 509 g/mol. The quantitative estimate of drug-likeness (QED) is 0.340. The highest BCUT2D eigenvalue weighted by Gasteiger charge is 2.38. The highest BCUT2D eigenvalue weighted by molar-refractivity contribution is 7.22. The van der Waals surface area contributed by atoms with Gasteiger partial charge >= 0.3 is 6.09 Å². The van der Waals surface area contributed by atoms with E-state index < -0.39 is 16.1 Å². The monoisotopic (exact) mass is 507 g/mol. The van der Waals surface area contributed by atoms with Crippen LogP contribution < -0.4 is 15.4 Å². The Kier molecular flexibility index (Phi) is 8.05. The van der Waals surface area contributed by atoms with E-state index in [0.29, 0.717) is 22.9 Å². The Hall–Kier alpha value is -1.15. The maximum absolute atomic E-state index is 12.7. The summed E-state index contributed by atoms with van der Waals surface area (Å²) in [5, 5.41) is 6.19. The summed E-state index contributed by atoms with van der Waals surface area (Å²) < 4.78 is 10.1. The molecule has 0 spiro atoms. The summed E-state index contributed by atoms with van der Waals surface area (Å²) in [7, 11) is 1.60. The van der Waals surface area contributed by atoms with E-state index in [0.717, 1.165) is 35.2 Å². The van der Waals surface area contributed by atoms with Crippen LogP contribution >= 0.6 is 46.1 Å². The standard InChI is InChI=1S/C21H28Cl3N3O3S/c1-11(2)14-7-5-12(3)9-16(14)30-20(28)27-18(21(22,23)24)26-19-25-15-8-6-13(29-4)10-17(15)31-19/h6,8,10-12,14,16,18H,5,7,9H2,1-4H3,(H,25,26)(H,27,28)/t12-,14-,16-,18+/m1/s1. The van der Waals surface area contributed by atoms with Crippen molar-refractivity contribution in [2.75, 3.05) is 12.4 Å². The number of halogens is 3. The van der Waals surface area contributed by atoms with E-state index >= 15 is 0 Å². The molecule has 2 aromatic rings. The number of alkyl halides is 3. The number of nitrogens with one attached hydrogen (secondary N) is 2. The second-order valence-corrected chi connectivity index (χ2v) is 11.8. The van der Waals surface area contributed by atoms with Crippen LogP contribution in [0.25, 0.3) is 10.2 Å². The van der Waals surface area contributed by atoms with Crippen molar-refractivity contribution in [1.82, 2.24) is 10.3 Å². The van der Waals surface area contributed by atoms with E-state index in [2.05, 4.69) is 36.4 Å². The molecule has 0 aliphatic heterocycles. The lowest BCUT2D eigenvalue weighted by Gasteiger charge is -2.37. The summed E-state index contributed by atoms with van der Waals surface area (Å²) in [6.45, 7) is 6.49. The normalized spacial score (nSPS) is 22.9. The Labute approximate surface area is 201 Å². The summed E-state index contributed by atoms with van der Waals surface area (Å²) in [6.07, 6.45) is 1.22. The van der Waals surface area contributed by atoms with Gasteiger partial charge in [-0.15, -0.1) is 0 Å². The SMILES string of the molecule is COc1ccc2nc(N[C@@H](NC(=O)O[C@@H]3C[C@H](C)CC[C@@H]3C(C)C)C(Cl)(Cl)Cl)sc2c1. The number of anilines is 1. The number of rotatable bonds is 6. The van der Waals surface area contributed by atoms with Crippen molar-refractivity contribution in [3.63, 3.8) is 0 Å². The fourth-order valence-electron chi connectivity index (χ4n) is 3.96. The van der Waals surface area contributed by atoms with Crippen LogP contribution in [0.15, 0.2) is 18.2 Å². The molecule has 1 aromatic heterocycles. The number of ether oxygens (including phenoxy) is 2. The molecule has 0 bridgehead atoms. The van der Waals surface area contributed by atoms with Crippen LogP contribution in [0.2, 0.25) is 0 Å². The van der Waals surface area contributed by atoms with Crippen LogP contribution in [0.5, 0.6) is 5.75 Å². The Balaban J connectivity index is 1.70. The molecule has 1 aliphatic carbocycles. The molecular weight excluding hydrogens is 481 g/mol. The van der Waals surface area contributed by atoms with Gasteiger partial charge in [-0.3, -0.25) is 5.32 Å². The van der Waals surface area contributed by atoms with Gasteiger partial charge in [0.05, 0.1) is 17.3 Å². The van der Waals surface area contributed by atoms with Gasteiger partial charge in [-0.05, 0) is 48.8 Å². The van der Waals surface area contributed by atoms with Crippen LogP contribution in [0.3, 0.4) is 0 Å². The predicted octanol–water partition coefficient (Wildman–Crippen LogP) is 6.60. The first kappa shape index (κ1) is 24.5. The van der Waals surface area contributed by atoms with Gasteiger partial charge in [0.1, 0.15) is 11.9 Å². The molecule has 10 heteroatoms. The number of nitrogens with zero attached hydrogens (tertiary/aromatic N) is 1. The molecule has 31 heavy (non-hydrogen) atoms. The molecule has 0 unspecified atom stereocenters. The van der Waals surface area contributed by atoms with Crippen LogP contribution in [0.4, 0.5) is 9.93 Å². The van der Waals surface area contributed by atoms with Crippen molar-refractivity contribution in [2.45, 2.75) is 56.1 Å². The number of aromatic nitrogens is 1. The van der Waals surface area contributed by atoms with Crippen molar-refractivity contribution < 1.29 is 14.3 Å². The second kappa shape index (κ2) is 10.2. The molecule has 2 N–H and O–H groups in total. The van der Waals surface area contributed by atoms with E-state index in [1.807, 2.05) is 18.2 Å². The molecule has 1 amide bonds. The fraction of sp³-hybridized carbons (Fsp3) is 0.619. The molecule has 1 heterocycles. The average Bonchev–Trinajstić information content (AvgIpc) is 3.08. The lowest BCUT2D eigenvalue weighted by Crippen LogP contribution is -2.50. The van der Waals surface area contributed by atoms with Gasteiger partial charge in [-0.2, -0.15) is 0 Å². The van der Waals surface area contributed by atoms with E-state index in [4.69, 9.17) is 44.3 Å². The Morgan fingerprint density at radius 1 is 1.29 bits per heavy atom. The van der Waals surface area contributed by atoms with Crippen LogP contribution in [-0.4, -0.2) is 34.2 Å². The zero-order valence-corrected chi connectivity index (χ0v) is 21.0. The Morgan fingerprint density at radius 2 is 2.03 bits per heavy atom. The van der Waals surface area contributed by atoms with Gasteiger partial charge in [0.15, 0.2) is 11.3 Å². The molecule has 172 valence electrons. The zero-order valence-electron chi connectivity index (χ0n) is 18.0. The van der Waals surface area contributed by atoms with Gasteiger partial charge in [-0.25, -0.2) is 9.78 Å². The van der Waals surface area contributed by atoms with Crippen LogP contribution in [-0.2, 0) is 4.74 Å². The van der Waals surface area contributed by atoms with E-state index in [-0.39, 0.29) is 6.10 Å². The van der Waals surface area contributed by atoms with Crippen molar-refractivity contribution >= 4 is 67.6 Å². The van der Waals surface area contributed by atoms with Gasteiger partial charge in [0, 0.05) is 0 Å². The minimum Gasteiger partial charge on any atom is -0.497 e. The van der Waals surface area contributed by atoms with E-state index in [9.17, 15) is 4.79 Å². The Morgan fingerprint density at radius 3 is 2.68 bits per heavy atom. The maximum Gasteiger partial charge on any atom is 0.409 e. The number of hydrogen-bond donors (Lipinski definition) is 2. The summed E-state index contributed by atoms with van der Waals surface area (Å²) in [4.78, 5) is 17.2. The van der Waals surface area contributed by atoms with Gasteiger partial charge in [0.2, 0.25) is 3.79 Å². The summed E-state index contributed by atoms with van der Waals surface area (Å²) in [5.41, 5.74) is 0.773. The second-order valence-electron chi connectivity index (χ2n) is 8.39. The first-order valence-corrected chi connectivity index (χ1v) is 12.3. The van der Waals surface area contributed by atoms with Crippen LogP contribution in [0.1, 0.15) is 40.0 Å². The highest BCUT2D eigenvalue weighted by Crippen LogP contribution is 2.37. The Bertz CT molecular complexity index is 903. The number of fused-ring (bicyclic) bond motifs is 1. The minimum atomic E-state index is -1.81. The maximum atomic E-state index is 12.7. The summed E-state index contributed by atoms with van der Waals surface area (Å²) in [5.74, 6) is 1.98. The number of benzene rings is 1. The van der Waals surface area contributed by atoms with E-state index in [1.165, 1.54) is 11.3 Å². The number of thiazole rings is 1. The predicted molar refractivity (Wildman–Crippen MR) is 129 cm³/mol. The topological polar surface area (TPSA) is 72.5 Å².